The number of hydrogen-bond acceptors (Lipinski definition) is 2. The van der Waals surface area contributed by atoms with Gasteiger partial charge < -0.3 is 9.01 Å². The average molecular weight is 366 g/mol. The van der Waals surface area contributed by atoms with Crippen molar-refractivity contribution in [3.05, 3.63) is 0 Å². The molecule has 0 aliphatic carbocycles. The van der Waals surface area contributed by atoms with E-state index in [-0.39, 0.29) is 25.4 Å². The van der Waals surface area contributed by atoms with Gasteiger partial charge in [0.05, 0.1) is 38.9 Å². The summed E-state index contributed by atoms with van der Waals surface area (Å²) in [6.45, 7) is 14.8. The normalized spacial score (nSPS) is 20.7. The molecule has 0 aromatic heterocycles. The monoisotopic (exact) mass is 365 g/mol. The molecular formula is C19H46N2O2P+. The van der Waals surface area contributed by atoms with Gasteiger partial charge in [-0.3, -0.25) is 4.57 Å². The summed E-state index contributed by atoms with van der Waals surface area (Å²) in [4.78, 5) is 0. The third kappa shape index (κ3) is 6.78. The van der Waals surface area contributed by atoms with E-state index in [0.717, 1.165) is 30.4 Å². The van der Waals surface area contributed by atoms with Crippen LogP contribution in [0.5, 0.6) is 0 Å². The van der Waals surface area contributed by atoms with Gasteiger partial charge in [0.1, 0.15) is 0 Å². The lowest BCUT2D eigenvalue weighted by Gasteiger charge is -2.45. The lowest BCUT2D eigenvalue weighted by atomic mass is 9.99. The second-order valence-corrected chi connectivity index (χ2v) is 13.0. The summed E-state index contributed by atoms with van der Waals surface area (Å²) in [6, 6.07) is 0.646. The SMILES string of the molecule is C.C.CC(C)(C)COP(=O)(N1CCC([N+](C)(C)C)CC1)C(C)(C)C. The minimum absolute atomic E-state index is 0. The smallest absolute Gasteiger partial charge is 0.277 e. The van der Waals surface area contributed by atoms with Crippen LogP contribution in [0.3, 0.4) is 0 Å². The minimum atomic E-state index is -2.83. The Labute approximate surface area is 153 Å². The third-order valence-corrected chi connectivity index (χ3v) is 7.75. The Morgan fingerprint density at radius 1 is 1.00 bits per heavy atom. The van der Waals surface area contributed by atoms with Crippen molar-refractivity contribution >= 4 is 7.52 Å². The van der Waals surface area contributed by atoms with Gasteiger partial charge in [-0.1, -0.05) is 35.6 Å². The summed E-state index contributed by atoms with van der Waals surface area (Å²) in [5.41, 5.74) is 0.0293. The van der Waals surface area contributed by atoms with Crippen LogP contribution < -0.4 is 0 Å². The van der Waals surface area contributed by atoms with Crippen LogP contribution in [0.1, 0.15) is 69.2 Å². The van der Waals surface area contributed by atoms with Crippen molar-refractivity contribution in [1.29, 1.82) is 0 Å². The molecule has 4 nitrogen and oxygen atoms in total. The van der Waals surface area contributed by atoms with Gasteiger partial charge in [0, 0.05) is 25.9 Å². The van der Waals surface area contributed by atoms with Gasteiger partial charge in [0.25, 0.3) is 7.52 Å². The fourth-order valence-electron chi connectivity index (χ4n) is 2.87. The predicted octanol–water partition coefficient (Wildman–Crippen LogP) is 5.48. The van der Waals surface area contributed by atoms with E-state index >= 15 is 0 Å². The molecule has 1 fully saturated rings. The van der Waals surface area contributed by atoms with Crippen LogP contribution in [-0.4, -0.2) is 61.2 Å². The number of nitrogens with zero attached hydrogens (tertiary/aromatic N) is 2. The van der Waals surface area contributed by atoms with Crippen LogP contribution in [0.25, 0.3) is 0 Å². The van der Waals surface area contributed by atoms with Crippen LogP contribution >= 0.6 is 7.52 Å². The Bertz CT molecular complexity index is 409. The molecule has 1 heterocycles. The lowest BCUT2D eigenvalue weighted by molar-refractivity contribution is -0.897. The Morgan fingerprint density at radius 2 is 1.42 bits per heavy atom. The highest BCUT2D eigenvalue weighted by Crippen LogP contribution is 2.62. The van der Waals surface area contributed by atoms with Crippen LogP contribution in [0.15, 0.2) is 0 Å². The number of quaternary nitrogens is 1. The molecule has 1 aliphatic rings. The van der Waals surface area contributed by atoms with Gasteiger partial charge in [0.2, 0.25) is 0 Å². The van der Waals surface area contributed by atoms with Gasteiger partial charge in [0.15, 0.2) is 0 Å². The van der Waals surface area contributed by atoms with Crippen LogP contribution in [-0.2, 0) is 9.09 Å². The molecule has 0 radical (unpaired) electrons. The molecule has 0 bridgehead atoms. The molecule has 0 amide bonds. The zero-order chi connectivity index (χ0) is 17.4. The van der Waals surface area contributed by atoms with Crippen molar-refractivity contribution < 1.29 is 13.6 Å². The molecule has 1 aliphatic heterocycles. The number of piperidine rings is 1. The first-order chi connectivity index (χ1) is 9.67. The molecule has 1 saturated heterocycles. The van der Waals surface area contributed by atoms with Crippen LogP contribution in [0.4, 0.5) is 0 Å². The molecule has 0 aromatic carbocycles. The summed E-state index contributed by atoms with van der Waals surface area (Å²) in [7, 11) is 3.92. The first kappa shape index (κ1) is 26.3. The summed E-state index contributed by atoms with van der Waals surface area (Å²) < 4.78 is 22.9. The Morgan fingerprint density at radius 3 is 1.71 bits per heavy atom. The van der Waals surface area contributed by atoms with E-state index in [4.69, 9.17) is 4.52 Å². The van der Waals surface area contributed by atoms with E-state index in [1.54, 1.807) is 0 Å². The number of rotatable bonds is 4. The first-order valence-electron chi connectivity index (χ1n) is 8.48. The molecule has 0 aromatic rings. The Balaban J connectivity index is 0. The Hall–Kier alpha value is 0.110. The summed E-state index contributed by atoms with van der Waals surface area (Å²) in [5.74, 6) is 0. The zero-order valence-electron chi connectivity index (χ0n) is 16.3. The van der Waals surface area contributed by atoms with Gasteiger partial charge in [-0.2, -0.15) is 0 Å². The maximum absolute atomic E-state index is 13.7. The highest BCUT2D eigenvalue weighted by atomic mass is 31.2. The molecule has 1 atom stereocenters. The minimum Gasteiger partial charge on any atom is -0.328 e. The molecular weight excluding hydrogens is 319 g/mol. The predicted molar refractivity (Wildman–Crippen MR) is 109 cm³/mol. The number of hydrogen-bond donors (Lipinski definition) is 0. The maximum Gasteiger partial charge on any atom is 0.277 e. The zero-order valence-corrected chi connectivity index (χ0v) is 17.2. The van der Waals surface area contributed by atoms with E-state index in [2.05, 4.69) is 46.6 Å². The second-order valence-electron chi connectivity index (χ2n) is 9.83. The van der Waals surface area contributed by atoms with Gasteiger partial charge in [-0.15, -0.1) is 0 Å². The largest absolute Gasteiger partial charge is 0.328 e. The topological polar surface area (TPSA) is 29.5 Å². The fraction of sp³-hybridized carbons (Fsp3) is 1.00. The van der Waals surface area contributed by atoms with E-state index in [0.29, 0.717) is 12.6 Å². The van der Waals surface area contributed by atoms with E-state index in [1.165, 1.54) is 0 Å². The van der Waals surface area contributed by atoms with Gasteiger partial charge in [-0.25, -0.2) is 4.67 Å². The van der Waals surface area contributed by atoms with Crippen molar-refractivity contribution in [3.8, 4) is 0 Å². The van der Waals surface area contributed by atoms with Gasteiger partial charge >= 0.3 is 0 Å². The average Bonchev–Trinajstić information content (AvgIpc) is 2.32. The summed E-state index contributed by atoms with van der Waals surface area (Å²) >= 11 is 0. The summed E-state index contributed by atoms with van der Waals surface area (Å²) in [6.07, 6.45) is 2.17. The van der Waals surface area contributed by atoms with Crippen molar-refractivity contribution in [2.24, 2.45) is 5.41 Å². The molecule has 24 heavy (non-hydrogen) atoms. The molecule has 1 rings (SSSR count). The van der Waals surface area contributed by atoms with Crippen molar-refractivity contribution in [2.75, 3.05) is 40.8 Å². The molecule has 1 unspecified atom stereocenters. The molecule has 5 heteroatoms. The molecule has 0 N–H and O–H groups in total. The van der Waals surface area contributed by atoms with Crippen molar-refractivity contribution in [1.82, 2.24) is 4.67 Å². The molecule has 0 spiro atoms. The van der Waals surface area contributed by atoms with Crippen LogP contribution in [0.2, 0.25) is 0 Å². The lowest BCUT2D eigenvalue weighted by Crippen LogP contribution is -2.51. The van der Waals surface area contributed by atoms with E-state index in [9.17, 15) is 4.57 Å². The quantitative estimate of drug-likeness (QED) is 0.488. The third-order valence-electron chi connectivity index (χ3n) is 4.43. The molecule has 0 saturated carbocycles. The maximum atomic E-state index is 13.7. The first-order valence-corrected chi connectivity index (χ1v) is 10.1. The van der Waals surface area contributed by atoms with E-state index in [1.807, 2.05) is 20.8 Å². The second kappa shape index (κ2) is 8.66. The van der Waals surface area contributed by atoms with E-state index < -0.39 is 7.52 Å². The standard InChI is InChI=1S/C17H38N2O2P.2CH4/c1-16(2,3)14-21-22(20,17(4,5)6)18-12-10-15(11-13-18)19(7,8)9;;/h15H,10-14H2,1-9H3;2*1H4/q+1;;. The Kier molecular flexibility index (Phi) is 9.51. The van der Waals surface area contributed by atoms with Crippen molar-refractivity contribution in [2.45, 2.75) is 80.4 Å². The fourth-order valence-corrected chi connectivity index (χ4v) is 5.59. The highest BCUT2D eigenvalue weighted by molar-refractivity contribution is 7.58. The summed E-state index contributed by atoms with van der Waals surface area (Å²) in [5, 5.41) is -0.346. The van der Waals surface area contributed by atoms with Gasteiger partial charge in [-0.05, 0) is 26.2 Å². The highest BCUT2D eigenvalue weighted by Gasteiger charge is 2.46. The van der Waals surface area contributed by atoms with Crippen molar-refractivity contribution in [3.63, 3.8) is 0 Å². The molecule has 148 valence electrons. The van der Waals surface area contributed by atoms with Crippen LogP contribution in [0, 0.1) is 5.41 Å².